The van der Waals surface area contributed by atoms with Gasteiger partial charge < -0.3 is 0 Å². The van der Waals surface area contributed by atoms with Crippen LogP contribution in [0.3, 0.4) is 0 Å². The van der Waals surface area contributed by atoms with Crippen LogP contribution < -0.4 is 0 Å². The molecular formula is C8H13BrNO. The molecule has 1 rings (SSSR count). The second-order valence-corrected chi connectivity index (χ2v) is 4.85. The topological polar surface area (TPSA) is 23.1 Å². The maximum Gasteiger partial charge on any atom is 0.0757 e. The first-order chi connectivity index (χ1) is 4.78. The van der Waals surface area contributed by atoms with E-state index in [0.717, 1.165) is 9.55 Å². The van der Waals surface area contributed by atoms with Gasteiger partial charge in [0.25, 0.3) is 0 Å². The van der Waals surface area contributed by atoms with Crippen molar-refractivity contribution < 1.29 is 5.21 Å². The Morgan fingerprint density at radius 2 is 1.82 bits per heavy atom. The van der Waals surface area contributed by atoms with E-state index in [1.54, 1.807) is 0 Å². The van der Waals surface area contributed by atoms with Crippen LogP contribution in [0.4, 0.5) is 0 Å². The summed E-state index contributed by atoms with van der Waals surface area (Å²) in [7, 11) is 0. The summed E-state index contributed by atoms with van der Waals surface area (Å²) in [5.41, 5.74) is -0.772. The molecule has 0 unspecified atom stereocenters. The van der Waals surface area contributed by atoms with Crippen molar-refractivity contribution in [2.75, 3.05) is 0 Å². The summed E-state index contributed by atoms with van der Waals surface area (Å²) >= 11 is 3.40. The van der Waals surface area contributed by atoms with E-state index in [2.05, 4.69) is 15.9 Å². The largest absolute Gasteiger partial charge is 0.135 e. The molecule has 2 nitrogen and oxygen atoms in total. The average molecular weight is 219 g/mol. The zero-order valence-corrected chi connectivity index (χ0v) is 8.90. The van der Waals surface area contributed by atoms with Gasteiger partial charge in [-0.2, -0.15) is 0 Å². The molecule has 1 aliphatic heterocycles. The standard InChI is InChI=1S/C8H13BrNO/c1-7(2)5-6(9)8(3,4)10(7)11/h5H,1-4H3. The number of hydrogen-bond donors (Lipinski definition) is 0. The quantitative estimate of drug-likeness (QED) is 0.613. The Bertz CT molecular complexity index is 208. The maximum absolute atomic E-state index is 11.6. The fourth-order valence-electron chi connectivity index (χ4n) is 1.36. The molecule has 0 N–H and O–H groups in total. The molecule has 0 saturated carbocycles. The first-order valence-corrected chi connectivity index (χ1v) is 4.44. The minimum Gasteiger partial charge on any atom is -0.135 e. The highest BCUT2D eigenvalue weighted by Crippen LogP contribution is 2.41. The van der Waals surface area contributed by atoms with E-state index in [4.69, 9.17) is 0 Å². The highest BCUT2D eigenvalue weighted by atomic mass is 79.9. The predicted octanol–water partition coefficient (Wildman–Crippen LogP) is 2.48. The van der Waals surface area contributed by atoms with Crippen molar-refractivity contribution in [3.8, 4) is 0 Å². The first kappa shape index (κ1) is 9.23. The van der Waals surface area contributed by atoms with Crippen LogP contribution in [0.15, 0.2) is 10.6 Å². The van der Waals surface area contributed by atoms with Gasteiger partial charge in [-0.1, -0.05) is 22.0 Å². The van der Waals surface area contributed by atoms with Crippen LogP contribution >= 0.6 is 15.9 Å². The summed E-state index contributed by atoms with van der Waals surface area (Å²) in [5.74, 6) is 0. The molecule has 0 aromatic carbocycles. The van der Waals surface area contributed by atoms with Crippen LogP contribution in [0.1, 0.15) is 27.7 Å². The average Bonchev–Trinajstić information content (AvgIpc) is 1.94. The van der Waals surface area contributed by atoms with E-state index in [-0.39, 0.29) is 5.54 Å². The Morgan fingerprint density at radius 3 is 1.91 bits per heavy atom. The number of hydrogen-bond acceptors (Lipinski definition) is 1. The fourth-order valence-corrected chi connectivity index (χ4v) is 2.08. The molecule has 0 aliphatic carbocycles. The van der Waals surface area contributed by atoms with Crippen LogP contribution in [-0.4, -0.2) is 16.1 Å². The van der Waals surface area contributed by atoms with Crippen LogP contribution in [0.2, 0.25) is 0 Å². The monoisotopic (exact) mass is 218 g/mol. The Balaban J connectivity index is 3.04. The van der Waals surface area contributed by atoms with Gasteiger partial charge in [-0.15, -0.1) is 10.3 Å². The smallest absolute Gasteiger partial charge is 0.0757 e. The number of hydroxylamine groups is 2. The van der Waals surface area contributed by atoms with Crippen LogP contribution in [0.25, 0.3) is 0 Å². The highest BCUT2D eigenvalue weighted by Gasteiger charge is 2.45. The second-order valence-electron chi connectivity index (χ2n) is 4.00. The molecule has 1 aliphatic rings. The van der Waals surface area contributed by atoms with Crippen LogP contribution in [0.5, 0.6) is 0 Å². The molecule has 1 radical (unpaired) electrons. The molecule has 1 heterocycles. The van der Waals surface area contributed by atoms with Gasteiger partial charge >= 0.3 is 0 Å². The Labute approximate surface area is 76.0 Å². The van der Waals surface area contributed by atoms with Crippen molar-refractivity contribution in [1.29, 1.82) is 0 Å². The normalized spacial score (nSPS) is 28.7. The maximum atomic E-state index is 11.6. The molecule has 11 heavy (non-hydrogen) atoms. The van der Waals surface area contributed by atoms with Gasteiger partial charge in [0.15, 0.2) is 0 Å². The first-order valence-electron chi connectivity index (χ1n) is 3.65. The third kappa shape index (κ3) is 1.25. The van der Waals surface area contributed by atoms with E-state index < -0.39 is 5.54 Å². The molecule has 3 heteroatoms. The molecule has 0 bridgehead atoms. The SMILES string of the molecule is CC1(C)C=C(Br)C(C)(C)N1[O]. The summed E-state index contributed by atoms with van der Waals surface area (Å²) in [6.45, 7) is 7.65. The van der Waals surface area contributed by atoms with E-state index >= 15 is 0 Å². The van der Waals surface area contributed by atoms with Gasteiger partial charge in [0.05, 0.1) is 11.1 Å². The molecule has 0 fully saturated rings. The number of halogens is 1. The summed E-state index contributed by atoms with van der Waals surface area (Å²) in [6.07, 6.45) is 1.96. The number of nitrogens with zero attached hydrogens (tertiary/aromatic N) is 1. The van der Waals surface area contributed by atoms with Crippen molar-refractivity contribution in [1.82, 2.24) is 5.06 Å². The summed E-state index contributed by atoms with van der Waals surface area (Å²) in [4.78, 5) is 0. The lowest BCUT2D eigenvalue weighted by Crippen LogP contribution is -2.46. The van der Waals surface area contributed by atoms with Gasteiger partial charge in [-0.3, -0.25) is 0 Å². The third-order valence-electron chi connectivity index (χ3n) is 2.10. The second kappa shape index (κ2) is 2.31. The lowest BCUT2D eigenvalue weighted by Gasteiger charge is -2.32. The Kier molecular flexibility index (Phi) is 1.94. The predicted molar refractivity (Wildman–Crippen MR) is 47.7 cm³/mol. The van der Waals surface area contributed by atoms with Crippen molar-refractivity contribution in [3.05, 3.63) is 10.6 Å². The van der Waals surface area contributed by atoms with Gasteiger partial charge in [0, 0.05) is 4.48 Å². The zero-order valence-electron chi connectivity index (χ0n) is 7.31. The lowest BCUT2D eigenvalue weighted by molar-refractivity contribution is -0.237. The number of rotatable bonds is 0. The molecule has 0 amide bonds. The molecule has 63 valence electrons. The van der Waals surface area contributed by atoms with Crippen LogP contribution in [0, 0.1) is 0 Å². The minimum atomic E-state index is -0.399. The van der Waals surface area contributed by atoms with Crippen molar-refractivity contribution in [2.45, 2.75) is 38.8 Å². The molecule has 0 aromatic rings. The lowest BCUT2D eigenvalue weighted by atomic mass is 10.1. The van der Waals surface area contributed by atoms with Gasteiger partial charge in [-0.25, -0.2) is 0 Å². The van der Waals surface area contributed by atoms with Gasteiger partial charge in [0.2, 0.25) is 0 Å². The third-order valence-corrected chi connectivity index (χ3v) is 3.29. The Hall–Kier alpha value is 0.140. The molecule has 0 spiro atoms. The van der Waals surface area contributed by atoms with Crippen LogP contribution in [-0.2, 0) is 5.21 Å². The summed E-state index contributed by atoms with van der Waals surface area (Å²) in [5, 5.41) is 12.7. The molecule has 0 saturated heterocycles. The molecule has 0 atom stereocenters. The molecule has 0 aromatic heterocycles. The van der Waals surface area contributed by atoms with Gasteiger partial charge in [-0.05, 0) is 27.7 Å². The van der Waals surface area contributed by atoms with Crippen molar-refractivity contribution in [3.63, 3.8) is 0 Å². The van der Waals surface area contributed by atoms with E-state index in [0.29, 0.717) is 0 Å². The fraction of sp³-hybridized carbons (Fsp3) is 0.750. The summed E-state index contributed by atoms with van der Waals surface area (Å²) in [6, 6.07) is 0. The van der Waals surface area contributed by atoms with E-state index in [9.17, 15) is 5.21 Å². The highest BCUT2D eigenvalue weighted by molar-refractivity contribution is 9.11. The summed E-state index contributed by atoms with van der Waals surface area (Å²) < 4.78 is 0.977. The van der Waals surface area contributed by atoms with Gasteiger partial charge in [0.1, 0.15) is 0 Å². The molecular weight excluding hydrogens is 206 g/mol. The zero-order chi connectivity index (χ0) is 8.86. The van der Waals surface area contributed by atoms with Crippen molar-refractivity contribution in [2.24, 2.45) is 0 Å². The minimum absolute atomic E-state index is 0.373. The van der Waals surface area contributed by atoms with E-state index in [1.807, 2.05) is 33.8 Å². The van der Waals surface area contributed by atoms with E-state index in [1.165, 1.54) is 0 Å². The Morgan fingerprint density at radius 1 is 1.36 bits per heavy atom. The van der Waals surface area contributed by atoms with Crippen molar-refractivity contribution >= 4 is 15.9 Å².